The van der Waals surface area contributed by atoms with Gasteiger partial charge in [0.1, 0.15) is 17.2 Å². The van der Waals surface area contributed by atoms with Crippen molar-refractivity contribution in [3.63, 3.8) is 0 Å². The van der Waals surface area contributed by atoms with E-state index in [0.717, 1.165) is 5.56 Å². The predicted molar refractivity (Wildman–Crippen MR) is 137 cm³/mol. The summed E-state index contributed by atoms with van der Waals surface area (Å²) in [6, 6.07) is 24.0. The quantitative estimate of drug-likeness (QED) is 0.326. The summed E-state index contributed by atoms with van der Waals surface area (Å²) in [5.41, 5.74) is 0.913. The largest absolute Gasteiger partial charge is 0.508 e. The summed E-state index contributed by atoms with van der Waals surface area (Å²) < 4.78 is 57.9. The van der Waals surface area contributed by atoms with Crippen LogP contribution in [0.25, 0.3) is 0 Å². The first kappa shape index (κ1) is 25.5. The standard InChI is InChI=1S/C28H26O6S2/c1-28(2,3)20-4-12-24(13-5-20)35(30,31)26-16-18-27(19-17-26)36(32,33)25-14-10-23(11-15-25)34-22-8-6-21(29)7-9-22/h4-19,29H,1-3H3. The van der Waals surface area contributed by atoms with Gasteiger partial charge in [0, 0.05) is 0 Å². The molecule has 8 heteroatoms. The Morgan fingerprint density at radius 1 is 0.528 bits per heavy atom. The molecule has 0 aromatic heterocycles. The van der Waals surface area contributed by atoms with Gasteiger partial charge >= 0.3 is 0 Å². The van der Waals surface area contributed by atoms with Gasteiger partial charge in [-0.2, -0.15) is 0 Å². The second-order valence-electron chi connectivity index (χ2n) is 9.32. The van der Waals surface area contributed by atoms with Gasteiger partial charge in [-0.25, -0.2) is 16.8 Å². The van der Waals surface area contributed by atoms with Gasteiger partial charge in [0.05, 0.1) is 19.6 Å². The number of hydrogen-bond donors (Lipinski definition) is 1. The number of hydrogen-bond acceptors (Lipinski definition) is 6. The van der Waals surface area contributed by atoms with Crippen molar-refractivity contribution in [3.8, 4) is 17.2 Å². The molecule has 1 N–H and O–H groups in total. The molecular weight excluding hydrogens is 496 g/mol. The van der Waals surface area contributed by atoms with Gasteiger partial charge in [-0.1, -0.05) is 32.9 Å². The monoisotopic (exact) mass is 522 g/mol. The first-order valence-electron chi connectivity index (χ1n) is 11.2. The van der Waals surface area contributed by atoms with Gasteiger partial charge < -0.3 is 9.84 Å². The van der Waals surface area contributed by atoms with Gasteiger partial charge in [0.25, 0.3) is 0 Å². The van der Waals surface area contributed by atoms with E-state index in [9.17, 15) is 21.9 Å². The lowest BCUT2D eigenvalue weighted by Gasteiger charge is -2.19. The van der Waals surface area contributed by atoms with Gasteiger partial charge in [-0.05, 0) is 95.9 Å². The lowest BCUT2D eigenvalue weighted by atomic mass is 9.87. The van der Waals surface area contributed by atoms with Gasteiger partial charge in [-0.15, -0.1) is 0 Å². The Hall–Kier alpha value is -3.62. The first-order valence-corrected chi connectivity index (χ1v) is 14.1. The average Bonchev–Trinajstić information content (AvgIpc) is 2.85. The maximum absolute atomic E-state index is 13.1. The molecular formula is C28H26O6S2. The molecule has 6 nitrogen and oxygen atoms in total. The molecule has 0 unspecified atom stereocenters. The van der Waals surface area contributed by atoms with Crippen LogP contribution in [0.15, 0.2) is 117 Å². The molecule has 4 rings (SSSR count). The fourth-order valence-electron chi connectivity index (χ4n) is 3.54. The van der Waals surface area contributed by atoms with Crippen LogP contribution in [0.3, 0.4) is 0 Å². The van der Waals surface area contributed by atoms with E-state index >= 15 is 0 Å². The highest BCUT2D eigenvalue weighted by Crippen LogP contribution is 2.29. The summed E-state index contributed by atoms with van der Waals surface area (Å²) in [6.45, 7) is 6.14. The zero-order valence-electron chi connectivity index (χ0n) is 20.0. The Morgan fingerprint density at radius 2 is 0.833 bits per heavy atom. The molecule has 0 spiro atoms. The topological polar surface area (TPSA) is 97.7 Å². The van der Waals surface area contributed by atoms with E-state index in [-0.39, 0.29) is 30.7 Å². The molecule has 0 bridgehead atoms. The van der Waals surface area contributed by atoms with Crippen molar-refractivity contribution in [2.75, 3.05) is 0 Å². The maximum atomic E-state index is 13.1. The van der Waals surface area contributed by atoms with Crippen LogP contribution >= 0.6 is 0 Å². The SMILES string of the molecule is CC(C)(C)c1ccc(S(=O)(=O)c2ccc(S(=O)(=O)c3ccc(Oc4ccc(O)cc4)cc3)cc2)cc1. The zero-order chi connectivity index (χ0) is 26.1. The van der Waals surface area contributed by atoms with Crippen LogP contribution in [0.1, 0.15) is 26.3 Å². The Labute approximate surface area is 211 Å². The Bertz CT molecular complexity index is 1560. The van der Waals surface area contributed by atoms with Crippen LogP contribution in [0, 0.1) is 0 Å². The molecule has 0 aliphatic carbocycles. The summed E-state index contributed by atoms with van der Waals surface area (Å²) in [6.07, 6.45) is 0. The molecule has 0 saturated heterocycles. The van der Waals surface area contributed by atoms with E-state index in [0.29, 0.717) is 11.5 Å². The smallest absolute Gasteiger partial charge is 0.206 e. The van der Waals surface area contributed by atoms with E-state index in [1.165, 1.54) is 60.7 Å². The molecule has 0 saturated carbocycles. The number of phenolic OH excluding ortho intramolecular Hbond substituents is 1. The summed E-state index contributed by atoms with van der Waals surface area (Å²) in [5.74, 6) is 1.04. The Morgan fingerprint density at radius 3 is 1.19 bits per heavy atom. The molecule has 0 radical (unpaired) electrons. The van der Waals surface area contributed by atoms with Crippen molar-refractivity contribution in [3.05, 3.63) is 103 Å². The number of rotatable bonds is 6. The average molecular weight is 523 g/mol. The van der Waals surface area contributed by atoms with Crippen LogP contribution in [-0.4, -0.2) is 21.9 Å². The van der Waals surface area contributed by atoms with Crippen LogP contribution in [-0.2, 0) is 25.1 Å². The Balaban J connectivity index is 1.54. The minimum Gasteiger partial charge on any atom is -0.508 e. The molecule has 4 aromatic rings. The summed E-state index contributed by atoms with van der Waals surface area (Å²) in [4.78, 5) is 0.198. The van der Waals surface area contributed by atoms with E-state index in [1.807, 2.05) is 20.8 Å². The third-order valence-corrected chi connectivity index (χ3v) is 9.25. The van der Waals surface area contributed by atoms with E-state index < -0.39 is 19.7 Å². The fraction of sp³-hybridized carbons (Fsp3) is 0.143. The van der Waals surface area contributed by atoms with Crippen molar-refractivity contribution in [2.24, 2.45) is 0 Å². The van der Waals surface area contributed by atoms with Crippen molar-refractivity contribution in [1.29, 1.82) is 0 Å². The predicted octanol–water partition coefficient (Wildman–Crippen LogP) is 6.15. The highest BCUT2D eigenvalue weighted by Gasteiger charge is 2.22. The molecule has 0 amide bonds. The molecule has 4 aromatic carbocycles. The zero-order valence-corrected chi connectivity index (χ0v) is 21.7. The van der Waals surface area contributed by atoms with Crippen molar-refractivity contribution >= 4 is 19.7 Å². The fourth-order valence-corrected chi connectivity index (χ4v) is 6.06. The summed E-state index contributed by atoms with van der Waals surface area (Å²) in [5, 5.41) is 9.36. The third kappa shape index (κ3) is 5.29. The number of phenols is 1. The number of aromatic hydroxyl groups is 1. The van der Waals surface area contributed by atoms with E-state index in [1.54, 1.807) is 36.4 Å². The Kier molecular flexibility index (Phi) is 6.68. The summed E-state index contributed by atoms with van der Waals surface area (Å²) >= 11 is 0. The number of ether oxygens (including phenoxy) is 1. The van der Waals surface area contributed by atoms with Crippen LogP contribution in [0.4, 0.5) is 0 Å². The van der Waals surface area contributed by atoms with Crippen molar-refractivity contribution < 1.29 is 26.7 Å². The van der Waals surface area contributed by atoms with Gasteiger partial charge in [-0.3, -0.25) is 0 Å². The van der Waals surface area contributed by atoms with Crippen LogP contribution < -0.4 is 4.74 Å². The molecule has 0 fully saturated rings. The van der Waals surface area contributed by atoms with Gasteiger partial charge in [0.2, 0.25) is 19.7 Å². The van der Waals surface area contributed by atoms with Crippen molar-refractivity contribution in [1.82, 2.24) is 0 Å². The van der Waals surface area contributed by atoms with E-state index in [2.05, 4.69) is 0 Å². The maximum Gasteiger partial charge on any atom is 0.206 e. The molecule has 0 aliphatic heterocycles. The second-order valence-corrected chi connectivity index (χ2v) is 13.2. The van der Waals surface area contributed by atoms with Crippen molar-refractivity contribution in [2.45, 2.75) is 45.8 Å². The molecule has 36 heavy (non-hydrogen) atoms. The van der Waals surface area contributed by atoms with Gasteiger partial charge in [0.15, 0.2) is 0 Å². The highest BCUT2D eigenvalue weighted by atomic mass is 32.2. The van der Waals surface area contributed by atoms with E-state index in [4.69, 9.17) is 4.74 Å². The molecule has 0 heterocycles. The number of benzene rings is 4. The second kappa shape index (κ2) is 9.44. The lowest BCUT2D eigenvalue weighted by molar-refractivity contribution is 0.464. The molecule has 0 atom stereocenters. The number of sulfone groups is 2. The van der Waals surface area contributed by atoms with Crippen LogP contribution in [0.5, 0.6) is 17.2 Å². The normalized spacial score (nSPS) is 12.3. The first-order chi connectivity index (χ1) is 16.9. The molecule has 186 valence electrons. The molecule has 0 aliphatic rings. The summed E-state index contributed by atoms with van der Waals surface area (Å²) in [7, 11) is -7.66. The lowest BCUT2D eigenvalue weighted by Crippen LogP contribution is -2.11. The van der Waals surface area contributed by atoms with Crippen LogP contribution in [0.2, 0.25) is 0 Å². The third-order valence-electron chi connectivity index (χ3n) is 5.68. The highest BCUT2D eigenvalue weighted by molar-refractivity contribution is 7.92. The minimum absolute atomic E-state index is 0.0163. The minimum atomic E-state index is -3.87.